The van der Waals surface area contributed by atoms with Crippen molar-refractivity contribution >= 4 is 11.8 Å². The van der Waals surface area contributed by atoms with E-state index in [-0.39, 0.29) is 23.0 Å². The number of amides is 2. The van der Waals surface area contributed by atoms with E-state index in [0.29, 0.717) is 49.6 Å². The standard InChI is InChI=1S/C21H24FN3O3/c1-14-19(15(2)28-23-14)20(27)24-8-6-21(7-9-24)11-18(26)25(13-21)12-16-4-3-5-17(22)10-16/h3-5,10H,6-9,11-13H2,1-2H3. The van der Waals surface area contributed by atoms with Gasteiger partial charge in [-0.05, 0) is 44.4 Å². The highest BCUT2D eigenvalue weighted by Crippen LogP contribution is 2.41. The van der Waals surface area contributed by atoms with Crippen molar-refractivity contribution in [3.8, 4) is 0 Å². The zero-order valence-corrected chi connectivity index (χ0v) is 16.2. The molecule has 2 aliphatic rings. The molecule has 0 N–H and O–H groups in total. The Hall–Kier alpha value is -2.70. The molecule has 2 aromatic rings. The van der Waals surface area contributed by atoms with Crippen molar-refractivity contribution in [3.05, 3.63) is 52.7 Å². The van der Waals surface area contributed by atoms with E-state index in [9.17, 15) is 14.0 Å². The average Bonchev–Trinajstić information content (AvgIpc) is 3.14. The number of aromatic nitrogens is 1. The van der Waals surface area contributed by atoms with Gasteiger partial charge >= 0.3 is 0 Å². The number of nitrogens with zero attached hydrogens (tertiary/aromatic N) is 3. The minimum Gasteiger partial charge on any atom is -0.361 e. The first-order chi connectivity index (χ1) is 13.4. The number of carbonyl (C=O) groups excluding carboxylic acids is 2. The highest BCUT2D eigenvalue weighted by Gasteiger charge is 2.45. The molecule has 148 valence electrons. The average molecular weight is 385 g/mol. The van der Waals surface area contributed by atoms with Gasteiger partial charge in [-0.1, -0.05) is 17.3 Å². The van der Waals surface area contributed by atoms with Crippen molar-refractivity contribution < 1.29 is 18.5 Å². The van der Waals surface area contributed by atoms with Gasteiger partial charge in [0.15, 0.2) is 0 Å². The minimum absolute atomic E-state index is 0.0490. The molecule has 7 heteroatoms. The molecule has 4 rings (SSSR count). The van der Waals surface area contributed by atoms with Gasteiger partial charge in [-0.2, -0.15) is 0 Å². The second kappa shape index (κ2) is 7.04. The van der Waals surface area contributed by atoms with Crippen molar-refractivity contribution in [1.29, 1.82) is 0 Å². The van der Waals surface area contributed by atoms with E-state index in [2.05, 4.69) is 5.16 Å². The van der Waals surface area contributed by atoms with Gasteiger partial charge in [0.1, 0.15) is 17.1 Å². The summed E-state index contributed by atoms with van der Waals surface area (Å²) < 4.78 is 18.5. The number of carbonyl (C=O) groups is 2. The first-order valence-corrected chi connectivity index (χ1v) is 9.61. The Kier molecular flexibility index (Phi) is 4.69. The monoisotopic (exact) mass is 385 g/mol. The van der Waals surface area contributed by atoms with E-state index >= 15 is 0 Å². The molecule has 1 aromatic carbocycles. The van der Waals surface area contributed by atoms with Crippen LogP contribution in [0.3, 0.4) is 0 Å². The summed E-state index contributed by atoms with van der Waals surface area (Å²) >= 11 is 0. The van der Waals surface area contributed by atoms with Gasteiger partial charge in [-0.3, -0.25) is 9.59 Å². The maximum atomic E-state index is 13.4. The topological polar surface area (TPSA) is 66.7 Å². The third-order valence-corrected chi connectivity index (χ3v) is 6.03. The molecule has 2 fully saturated rings. The molecule has 0 radical (unpaired) electrons. The number of benzene rings is 1. The Balaban J connectivity index is 1.40. The van der Waals surface area contributed by atoms with Crippen LogP contribution in [0.1, 0.15) is 46.6 Å². The predicted octanol–water partition coefficient (Wildman–Crippen LogP) is 3.09. The van der Waals surface area contributed by atoms with Crippen molar-refractivity contribution in [3.63, 3.8) is 0 Å². The number of rotatable bonds is 3. The van der Waals surface area contributed by atoms with Gasteiger partial charge in [0.2, 0.25) is 5.91 Å². The number of halogens is 1. The Bertz CT molecular complexity index is 896. The first-order valence-electron chi connectivity index (χ1n) is 9.61. The van der Waals surface area contributed by atoms with Crippen LogP contribution in [-0.2, 0) is 11.3 Å². The fourth-order valence-corrected chi connectivity index (χ4v) is 4.45. The SMILES string of the molecule is Cc1noc(C)c1C(=O)N1CCC2(CC1)CC(=O)N(Cc1cccc(F)c1)C2. The summed E-state index contributed by atoms with van der Waals surface area (Å²) in [6, 6.07) is 6.39. The molecule has 0 saturated carbocycles. The fraction of sp³-hybridized carbons (Fsp3) is 0.476. The second-order valence-electron chi connectivity index (χ2n) is 8.05. The van der Waals surface area contributed by atoms with E-state index in [1.807, 2.05) is 15.9 Å². The Morgan fingerprint density at radius 1 is 1.29 bits per heavy atom. The molecule has 28 heavy (non-hydrogen) atoms. The van der Waals surface area contributed by atoms with Gasteiger partial charge < -0.3 is 14.3 Å². The van der Waals surface area contributed by atoms with Crippen LogP contribution in [0.5, 0.6) is 0 Å². The molecule has 0 unspecified atom stereocenters. The molecule has 2 saturated heterocycles. The molecule has 0 atom stereocenters. The van der Waals surface area contributed by atoms with E-state index in [4.69, 9.17) is 4.52 Å². The molecule has 2 amide bonds. The molecule has 2 aliphatic heterocycles. The first kappa shape index (κ1) is 18.7. The van der Waals surface area contributed by atoms with Crippen molar-refractivity contribution in [2.45, 2.75) is 39.7 Å². The second-order valence-corrected chi connectivity index (χ2v) is 8.05. The lowest BCUT2D eigenvalue weighted by molar-refractivity contribution is -0.128. The van der Waals surface area contributed by atoms with Crippen LogP contribution in [-0.4, -0.2) is 46.4 Å². The van der Waals surface area contributed by atoms with Crippen LogP contribution >= 0.6 is 0 Å². The normalized spacial score (nSPS) is 18.9. The van der Waals surface area contributed by atoms with Gasteiger partial charge in [0.25, 0.3) is 5.91 Å². The zero-order chi connectivity index (χ0) is 19.9. The summed E-state index contributed by atoms with van der Waals surface area (Å²) in [6.07, 6.45) is 2.07. The maximum Gasteiger partial charge on any atom is 0.259 e. The van der Waals surface area contributed by atoms with E-state index in [1.165, 1.54) is 12.1 Å². The van der Waals surface area contributed by atoms with Gasteiger partial charge in [-0.25, -0.2) is 4.39 Å². The van der Waals surface area contributed by atoms with E-state index in [1.54, 1.807) is 19.9 Å². The third kappa shape index (κ3) is 3.41. The van der Waals surface area contributed by atoms with Crippen LogP contribution in [0.15, 0.2) is 28.8 Å². The fourth-order valence-electron chi connectivity index (χ4n) is 4.45. The molecule has 6 nitrogen and oxygen atoms in total. The van der Waals surface area contributed by atoms with Crippen molar-refractivity contribution in [2.24, 2.45) is 5.41 Å². The summed E-state index contributed by atoms with van der Waals surface area (Å²) in [6.45, 7) is 5.84. The number of hydrogen-bond donors (Lipinski definition) is 0. The minimum atomic E-state index is -0.287. The molecule has 3 heterocycles. The lowest BCUT2D eigenvalue weighted by atomic mass is 9.77. The van der Waals surface area contributed by atoms with Gasteiger partial charge in [-0.15, -0.1) is 0 Å². The summed E-state index contributed by atoms with van der Waals surface area (Å²) in [5.41, 5.74) is 1.86. The summed E-state index contributed by atoms with van der Waals surface area (Å²) in [7, 11) is 0. The molecule has 0 bridgehead atoms. The lowest BCUT2D eigenvalue weighted by Crippen LogP contribution is -2.44. The predicted molar refractivity (Wildman–Crippen MR) is 100.0 cm³/mol. The number of aryl methyl sites for hydroxylation is 2. The smallest absolute Gasteiger partial charge is 0.259 e. The Morgan fingerprint density at radius 3 is 2.68 bits per heavy atom. The van der Waals surface area contributed by atoms with E-state index in [0.717, 1.165) is 18.4 Å². The highest BCUT2D eigenvalue weighted by atomic mass is 19.1. The van der Waals surface area contributed by atoms with Crippen LogP contribution in [0.4, 0.5) is 4.39 Å². The van der Waals surface area contributed by atoms with Crippen molar-refractivity contribution in [1.82, 2.24) is 15.0 Å². The summed E-state index contributed by atoms with van der Waals surface area (Å²) in [5.74, 6) is 0.312. The number of likely N-dealkylation sites (tertiary alicyclic amines) is 2. The quantitative estimate of drug-likeness (QED) is 0.814. The Morgan fingerprint density at radius 2 is 2.04 bits per heavy atom. The maximum absolute atomic E-state index is 13.4. The largest absolute Gasteiger partial charge is 0.361 e. The van der Waals surface area contributed by atoms with Crippen molar-refractivity contribution in [2.75, 3.05) is 19.6 Å². The highest BCUT2D eigenvalue weighted by molar-refractivity contribution is 5.96. The molecule has 1 aromatic heterocycles. The van der Waals surface area contributed by atoms with Gasteiger partial charge in [0.05, 0.1) is 5.69 Å². The summed E-state index contributed by atoms with van der Waals surface area (Å²) in [5, 5.41) is 3.87. The van der Waals surface area contributed by atoms with E-state index < -0.39 is 0 Å². The Labute approximate surface area is 163 Å². The summed E-state index contributed by atoms with van der Waals surface area (Å²) in [4.78, 5) is 29.0. The molecule has 1 spiro atoms. The number of piperidine rings is 1. The third-order valence-electron chi connectivity index (χ3n) is 6.03. The van der Waals surface area contributed by atoms with Crippen LogP contribution in [0, 0.1) is 25.1 Å². The molecular formula is C21H24FN3O3. The lowest BCUT2D eigenvalue weighted by Gasteiger charge is -2.38. The van der Waals surface area contributed by atoms with Crippen LogP contribution < -0.4 is 0 Å². The van der Waals surface area contributed by atoms with Crippen LogP contribution in [0.25, 0.3) is 0 Å². The zero-order valence-electron chi connectivity index (χ0n) is 16.2. The van der Waals surface area contributed by atoms with Gasteiger partial charge in [0, 0.05) is 38.0 Å². The molecular weight excluding hydrogens is 361 g/mol. The number of hydrogen-bond acceptors (Lipinski definition) is 4. The van der Waals surface area contributed by atoms with Crippen LogP contribution in [0.2, 0.25) is 0 Å². The molecule has 0 aliphatic carbocycles.